The molecule has 8 aromatic rings. The molecule has 1 aromatic heterocycles. The van der Waals surface area contributed by atoms with Gasteiger partial charge in [-0.15, -0.1) is 0 Å². The summed E-state index contributed by atoms with van der Waals surface area (Å²) in [4.78, 5) is 15.5. The van der Waals surface area contributed by atoms with Crippen molar-refractivity contribution in [1.29, 1.82) is 0 Å². The maximum atomic E-state index is 5.20. The van der Waals surface area contributed by atoms with E-state index in [1.807, 2.05) is 6.07 Å². The maximum Gasteiger partial charge on any atom is 0.164 e. The average Bonchev–Trinajstić information content (AvgIpc) is 3.20. The predicted octanol–water partition coefficient (Wildman–Crippen LogP) is 12.8. The number of fused-ring (bicyclic) bond motifs is 2. The summed E-state index contributed by atoms with van der Waals surface area (Å²) in [5, 5.41) is 4.85. The minimum Gasteiger partial charge on any atom is -0.208 e. The van der Waals surface area contributed by atoms with Crippen LogP contribution in [-0.2, 0) is 0 Å². The fraction of sp³-hybridized carbons (Fsp3) is 0.0408. The number of hydrogen-bond donors (Lipinski definition) is 0. The van der Waals surface area contributed by atoms with Gasteiger partial charge in [0.2, 0.25) is 0 Å². The van der Waals surface area contributed by atoms with Gasteiger partial charge in [-0.2, -0.15) is 0 Å². The molecule has 0 saturated carbocycles. The van der Waals surface area contributed by atoms with Crippen molar-refractivity contribution in [3.05, 3.63) is 194 Å². The molecule has 0 amide bonds. The van der Waals surface area contributed by atoms with Crippen molar-refractivity contribution in [2.45, 2.75) is 12.8 Å². The predicted molar refractivity (Wildman–Crippen MR) is 218 cm³/mol. The van der Waals surface area contributed by atoms with Gasteiger partial charge in [0.15, 0.2) is 17.5 Å². The minimum absolute atomic E-state index is 0.642. The summed E-state index contributed by atoms with van der Waals surface area (Å²) in [5.74, 6) is 1.96. The van der Waals surface area contributed by atoms with Crippen molar-refractivity contribution in [2.24, 2.45) is 0 Å². The fourth-order valence-electron chi connectivity index (χ4n) is 6.93. The van der Waals surface area contributed by atoms with Crippen molar-refractivity contribution in [1.82, 2.24) is 15.0 Å². The fourth-order valence-corrected chi connectivity index (χ4v) is 6.93. The molecule has 3 heteroatoms. The van der Waals surface area contributed by atoms with Crippen molar-refractivity contribution >= 4 is 27.1 Å². The molecule has 3 nitrogen and oxygen atoms in total. The van der Waals surface area contributed by atoms with Gasteiger partial charge in [0.05, 0.1) is 0 Å². The average molecular weight is 666 g/mol. The number of aromatic nitrogens is 3. The summed E-state index contributed by atoms with van der Waals surface area (Å²) in [6.07, 6.45) is 12.6. The smallest absolute Gasteiger partial charge is 0.164 e. The zero-order valence-electron chi connectivity index (χ0n) is 28.7. The van der Waals surface area contributed by atoms with Crippen LogP contribution in [0.2, 0.25) is 0 Å². The third-order valence-electron chi connectivity index (χ3n) is 9.71. The van der Waals surface area contributed by atoms with Crippen LogP contribution in [0.15, 0.2) is 188 Å². The number of allylic oxidation sites excluding steroid dienone is 6. The maximum absolute atomic E-state index is 5.20. The highest BCUT2D eigenvalue weighted by Crippen LogP contribution is 2.35. The van der Waals surface area contributed by atoms with Gasteiger partial charge in [-0.05, 0) is 98.1 Å². The molecule has 0 bridgehead atoms. The van der Waals surface area contributed by atoms with E-state index in [1.165, 1.54) is 27.1 Å². The van der Waals surface area contributed by atoms with Gasteiger partial charge in [0.25, 0.3) is 0 Å². The van der Waals surface area contributed by atoms with Crippen LogP contribution in [0.3, 0.4) is 0 Å². The summed E-state index contributed by atoms with van der Waals surface area (Å²) < 4.78 is 0. The van der Waals surface area contributed by atoms with Gasteiger partial charge in [-0.3, -0.25) is 0 Å². The van der Waals surface area contributed by atoms with Crippen LogP contribution in [0, 0.1) is 0 Å². The molecule has 0 atom stereocenters. The molecular weight excluding hydrogens is 631 g/mol. The third kappa shape index (κ3) is 6.48. The van der Waals surface area contributed by atoms with Gasteiger partial charge in [0, 0.05) is 16.7 Å². The molecule has 1 aliphatic carbocycles. The minimum atomic E-state index is 0.642. The number of nitrogens with zero attached hydrogens (tertiary/aromatic N) is 3. The number of rotatable bonds is 6. The first-order valence-corrected chi connectivity index (χ1v) is 17.8. The van der Waals surface area contributed by atoms with Crippen LogP contribution in [0.5, 0.6) is 0 Å². The highest BCUT2D eigenvalue weighted by molar-refractivity contribution is 5.91. The molecule has 0 aliphatic heterocycles. The molecule has 0 fully saturated rings. The first-order valence-electron chi connectivity index (χ1n) is 17.8. The van der Waals surface area contributed by atoms with Crippen LogP contribution in [0.25, 0.3) is 83.3 Å². The first-order chi connectivity index (χ1) is 25.7. The quantitative estimate of drug-likeness (QED) is 0.166. The Morgan fingerprint density at radius 3 is 1.44 bits per heavy atom. The molecule has 0 radical (unpaired) electrons. The lowest BCUT2D eigenvalue weighted by Gasteiger charge is -2.14. The summed E-state index contributed by atoms with van der Waals surface area (Å²) in [5.41, 5.74) is 9.72. The molecule has 0 unspecified atom stereocenters. The van der Waals surface area contributed by atoms with E-state index in [-0.39, 0.29) is 0 Å². The lowest BCUT2D eigenvalue weighted by atomic mass is 9.93. The summed E-state index contributed by atoms with van der Waals surface area (Å²) in [6, 6.07) is 56.1. The molecule has 1 aliphatic rings. The molecule has 246 valence electrons. The van der Waals surface area contributed by atoms with Gasteiger partial charge < -0.3 is 0 Å². The Kier molecular flexibility index (Phi) is 8.36. The lowest BCUT2D eigenvalue weighted by molar-refractivity contribution is 1.03. The molecule has 9 rings (SSSR count). The van der Waals surface area contributed by atoms with Crippen LogP contribution >= 0.6 is 0 Å². The van der Waals surface area contributed by atoms with Crippen molar-refractivity contribution < 1.29 is 0 Å². The lowest BCUT2D eigenvalue weighted by Crippen LogP contribution is -2.03. The SMILES string of the molecule is C1=C\C/C=C(c2nc(-c3ccc(-c4ccccc4)cc3)nc(-c3cc(-c4ccc5ccccc5c4)cc(-c4ccc5ccccc5c4)c3)n2)\C=C/C/1. The van der Waals surface area contributed by atoms with E-state index in [9.17, 15) is 0 Å². The zero-order chi connectivity index (χ0) is 34.7. The Balaban J connectivity index is 1.23. The highest BCUT2D eigenvalue weighted by atomic mass is 15.0. The van der Waals surface area contributed by atoms with Gasteiger partial charge >= 0.3 is 0 Å². The van der Waals surface area contributed by atoms with Crippen LogP contribution in [0.1, 0.15) is 18.7 Å². The van der Waals surface area contributed by atoms with Gasteiger partial charge in [0.1, 0.15) is 0 Å². The van der Waals surface area contributed by atoms with Crippen molar-refractivity contribution in [3.8, 4) is 56.2 Å². The second-order valence-electron chi connectivity index (χ2n) is 13.2. The molecule has 1 heterocycles. The topological polar surface area (TPSA) is 38.7 Å². The Morgan fingerprint density at radius 1 is 0.308 bits per heavy atom. The van der Waals surface area contributed by atoms with Crippen LogP contribution < -0.4 is 0 Å². The Bertz CT molecular complexity index is 2570. The van der Waals surface area contributed by atoms with E-state index in [0.29, 0.717) is 17.5 Å². The Hall–Kier alpha value is -6.71. The standard InChI is InChI=1S/C49H35N3/c1-2-5-17-38(18-6-3-1)47-50-48(39-25-21-37(22-26-39)34-13-7-4-8-14-34)52-49(51-47)46-32-44(42-27-23-35-15-9-11-19-40(35)29-42)31-45(33-46)43-28-24-36-16-10-12-20-41(36)30-43/h1-2,4,6-33H,3,5H2/b2-1-,18-6-,38-17+. The highest BCUT2D eigenvalue weighted by Gasteiger charge is 2.16. The molecular formula is C49H35N3. The summed E-state index contributed by atoms with van der Waals surface area (Å²) in [6.45, 7) is 0. The van der Waals surface area contributed by atoms with Gasteiger partial charge in [-0.25, -0.2) is 15.0 Å². The summed E-state index contributed by atoms with van der Waals surface area (Å²) >= 11 is 0. The zero-order valence-corrected chi connectivity index (χ0v) is 28.7. The van der Waals surface area contributed by atoms with E-state index >= 15 is 0 Å². The van der Waals surface area contributed by atoms with Crippen LogP contribution in [-0.4, -0.2) is 15.0 Å². The number of hydrogen-bond acceptors (Lipinski definition) is 3. The monoisotopic (exact) mass is 665 g/mol. The number of benzene rings is 7. The van der Waals surface area contributed by atoms with E-state index in [4.69, 9.17) is 15.0 Å². The third-order valence-corrected chi connectivity index (χ3v) is 9.71. The van der Waals surface area contributed by atoms with Crippen molar-refractivity contribution in [3.63, 3.8) is 0 Å². The molecule has 0 saturated heterocycles. The van der Waals surface area contributed by atoms with E-state index in [1.54, 1.807) is 0 Å². The van der Waals surface area contributed by atoms with Crippen LogP contribution in [0.4, 0.5) is 0 Å². The first kappa shape index (κ1) is 31.3. The molecule has 52 heavy (non-hydrogen) atoms. The largest absolute Gasteiger partial charge is 0.208 e. The van der Waals surface area contributed by atoms with Gasteiger partial charge in [-0.1, -0.05) is 158 Å². The Labute approximate surface area is 304 Å². The molecule has 0 spiro atoms. The van der Waals surface area contributed by atoms with E-state index in [2.05, 4.69) is 182 Å². The van der Waals surface area contributed by atoms with E-state index in [0.717, 1.165) is 57.4 Å². The second kappa shape index (κ2) is 13.9. The Morgan fingerprint density at radius 2 is 0.788 bits per heavy atom. The van der Waals surface area contributed by atoms with E-state index < -0.39 is 0 Å². The second-order valence-corrected chi connectivity index (χ2v) is 13.2. The van der Waals surface area contributed by atoms with Crippen molar-refractivity contribution in [2.75, 3.05) is 0 Å². The molecule has 0 N–H and O–H groups in total. The summed E-state index contributed by atoms with van der Waals surface area (Å²) in [7, 11) is 0. The normalized spacial score (nSPS) is 15.0. The molecule has 7 aromatic carbocycles.